The van der Waals surface area contributed by atoms with Gasteiger partial charge in [-0.15, -0.1) is 0 Å². The van der Waals surface area contributed by atoms with Crippen molar-refractivity contribution in [3.63, 3.8) is 0 Å². The van der Waals surface area contributed by atoms with Crippen LogP contribution in [0.4, 0.5) is 10.9 Å². The summed E-state index contributed by atoms with van der Waals surface area (Å²) in [6, 6.07) is 6.32. The van der Waals surface area contributed by atoms with Crippen LogP contribution in [0.25, 0.3) is 21.5 Å². The van der Waals surface area contributed by atoms with Gasteiger partial charge in [0.15, 0.2) is 11.0 Å². The Morgan fingerprint density at radius 1 is 1.15 bits per heavy atom. The maximum absolute atomic E-state index is 9.72. The second-order valence-corrected chi connectivity index (χ2v) is 9.94. The van der Waals surface area contributed by atoms with E-state index in [4.69, 9.17) is 15.5 Å². The molecule has 3 N–H and O–H groups in total. The monoisotopic (exact) mass is 476 g/mol. The van der Waals surface area contributed by atoms with E-state index >= 15 is 0 Å². The minimum Gasteiger partial charge on any atom is -0.491 e. The SMILES string of the molecule is Cc1cc(-c2cnc3sc(N)nc3c2)cc2c1OCCN(c1nc(CO)nc(C)c1C(C)C)C2. The van der Waals surface area contributed by atoms with Gasteiger partial charge in [-0.25, -0.2) is 19.9 Å². The van der Waals surface area contributed by atoms with E-state index in [0.29, 0.717) is 30.7 Å². The van der Waals surface area contributed by atoms with Gasteiger partial charge >= 0.3 is 0 Å². The third-order valence-corrected chi connectivity index (χ3v) is 6.91. The molecule has 3 aromatic heterocycles. The summed E-state index contributed by atoms with van der Waals surface area (Å²) in [6.07, 6.45) is 1.87. The number of fused-ring (bicyclic) bond motifs is 2. The van der Waals surface area contributed by atoms with Gasteiger partial charge in [0, 0.05) is 35.1 Å². The minimum absolute atomic E-state index is 0.187. The van der Waals surface area contributed by atoms with Crippen LogP contribution in [0, 0.1) is 13.8 Å². The van der Waals surface area contributed by atoms with Crippen molar-refractivity contribution in [1.82, 2.24) is 19.9 Å². The van der Waals surface area contributed by atoms with Crippen molar-refractivity contribution in [1.29, 1.82) is 0 Å². The highest BCUT2D eigenvalue weighted by Gasteiger charge is 2.24. The standard InChI is InChI=1S/C25H28N6O2S/c1-13(2)21-15(4)28-20(12-32)30-23(21)31-5-6-33-22-14(3)7-16(8-18(22)11-31)17-9-19-24(27-10-17)34-25(26)29-19/h7-10,13,32H,5-6,11-12H2,1-4H3,(H2,26,29). The van der Waals surface area contributed by atoms with Crippen LogP contribution in [0.5, 0.6) is 5.75 Å². The number of nitrogens with zero attached hydrogens (tertiary/aromatic N) is 5. The molecule has 0 spiro atoms. The van der Waals surface area contributed by atoms with Crippen LogP contribution in [0.1, 0.15) is 48.0 Å². The predicted octanol–water partition coefficient (Wildman–Crippen LogP) is 4.36. The van der Waals surface area contributed by atoms with Crippen molar-refractivity contribution >= 4 is 32.6 Å². The summed E-state index contributed by atoms with van der Waals surface area (Å²) in [5.74, 6) is 2.47. The first-order chi connectivity index (χ1) is 16.3. The fraction of sp³-hybridized carbons (Fsp3) is 0.360. The van der Waals surface area contributed by atoms with E-state index in [1.54, 1.807) is 0 Å². The number of thiazole rings is 1. The number of aromatic nitrogens is 4. The van der Waals surface area contributed by atoms with Crippen molar-refractivity contribution < 1.29 is 9.84 Å². The third kappa shape index (κ3) is 4.05. The first-order valence-electron chi connectivity index (χ1n) is 11.4. The zero-order valence-corrected chi connectivity index (χ0v) is 20.6. The number of aliphatic hydroxyl groups excluding tert-OH is 1. The molecule has 0 atom stereocenters. The van der Waals surface area contributed by atoms with E-state index in [1.165, 1.54) is 11.3 Å². The van der Waals surface area contributed by atoms with E-state index in [2.05, 4.69) is 52.8 Å². The molecule has 1 aromatic carbocycles. The molecule has 4 heterocycles. The lowest BCUT2D eigenvalue weighted by atomic mass is 9.99. The molecule has 5 rings (SSSR count). The molecule has 4 aromatic rings. The summed E-state index contributed by atoms with van der Waals surface area (Å²) in [4.78, 5) is 21.2. The van der Waals surface area contributed by atoms with E-state index in [1.807, 2.05) is 19.2 Å². The second-order valence-electron chi connectivity index (χ2n) is 8.93. The van der Waals surface area contributed by atoms with Crippen LogP contribution >= 0.6 is 11.3 Å². The van der Waals surface area contributed by atoms with Crippen molar-refractivity contribution in [3.8, 4) is 16.9 Å². The number of benzene rings is 1. The topological polar surface area (TPSA) is 110 Å². The van der Waals surface area contributed by atoms with Crippen LogP contribution < -0.4 is 15.4 Å². The quantitative estimate of drug-likeness (QED) is 0.447. The Hall–Kier alpha value is -3.30. The number of anilines is 2. The van der Waals surface area contributed by atoms with Crippen molar-refractivity contribution in [3.05, 3.63) is 52.6 Å². The summed E-state index contributed by atoms with van der Waals surface area (Å²) in [5, 5.41) is 10.2. The highest BCUT2D eigenvalue weighted by Crippen LogP contribution is 2.36. The number of hydrogen-bond donors (Lipinski definition) is 2. The van der Waals surface area contributed by atoms with Gasteiger partial charge in [-0.3, -0.25) is 0 Å². The van der Waals surface area contributed by atoms with Crippen molar-refractivity contribution in [2.24, 2.45) is 0 Å². The highest BCUT2D eigenvalue weighted by molar-refractivity contribution is 7.21. The summed E-state index contributed by atoms with van der Waals surface area (Å²) in [6.45, 7) is 10.0. The lowest BCUT2D eigenvalue weighted by Gasteiger charge is -2.26. The smallest absolute Gasteiger partial charge is 0.182 e. The van der Waals surface area contributed by atoms with Gasteiger partial charge in [0.05, 0.1) is 6.54 Å². The van der Waals surface area contributed by atoms with E-state index in [9.17, 15) is 5.11 Å². The molecular formula is C25H28N6O2S. The Labute approximate surface area is 202 Å². The van der Waals surface area contributed by atoms with Gasteiger partial charge in [0.25, 0.3) is 0 Å². The van der Waals surface area contributed by atoms with Crippen molar-refractivity contribution in [2.45, 2.75) is 46.8 Å². The van der Waals surface area contributed by atoms with Gasteiger partial charge in [-0.05, 0) is 49.1 Å². The first-order valence-corrected chi connectivity index (χ1v) is 12.2. The third-order valence-electron chi connectivity index (χ3n) is 6.10. The number of ether oxygens (including phenoxy) is 1. The van der Waals surface area contributed by atoms with Gasteiger partial charge in [0.2, 0.25) is 0 Å². The maximum atomic E-state index is 9.72. The lowest BCUT2D eigenvalue weighted by Crippen LogP contribution is -2.28. The maximum Gasteiger partial charge on any atom is 0.182 e. The molecule has 34 heavy (non-hydrogen) atoms. The number of rotatable bonds is 4. The van der Waals surface area contributed by atoms with Crippen LogP contribution in [-0.4, -0.2) is 38.2 Å². The molecule has 0 saturated carbocycles. The molecular weight excluding hydrogens is 448 g/mol. The molecule has 0 aliphatic carbocycles. The summed E-state index contributed by atoms with van der Waals surface area (Å²) in [7, 11) is 0. The molecule has 9 heteroatoms. The van der Waals surface area contributed by atoms with Crippen LogP contribution in [0.3, 0.4) is 0 Å². The van der Waals surface area contributed by atoms with Crippen LogP contribution in [0.15, 0.2) is 24.4 Å². The van der Waals surface area contributed by atoms with Crippen LogP contribution in [-0.2, 0) is 13.2 Å². The summed E-state index contributed by atoms with van der Waals surface area (Å²) in [5.41, 5.74) is 12.9. The van der Waals surface area contributed by atoms with Gasteiger partial charge in [-0.1, -0.05) is 25.2 Å². The average Bonchev–Trinajstić information content (AvgIpc) is 3.03. The van der Waals surface area contributed by atoms with Crippen molar-refractivity contribution in [2.75, 3.05) is 23.8 Å². The Morgan fingerprint density at radius 3 is 2.74 bits per heavy atom. The molecule has 0 fully saturated rings. The fourth-order valence-corrected chi connectivity index (χ4v) is 5.33. The molecule has 8 nitrogen and oxygen atoms in total. The highest BCUT2D eigenvalue weighted by atomic mass is 32.1. The zero-order chi connectivity index (χ0) is 24.0. The van der Waals surface area contributed by atoms with E-state index < -0.39 is 0 Å². The Kier molecular flexibility index (Phi) is 5.83. The average molecular weight is 477 g/mol. The van der Waals surface area contributed by atoms with E-state index in [0.717, 1.165) is 55.4 Å². The minimum atomic E-state index is -0.187. The van der Waals surface area contributed by atoms with Gasteiger partial charge in [-0.2, -0.15) is 0 Å². The number of nitrogens with two attached hydrogens (primary N) is 1. The Morgan fingerprint density at radius 2 is 1.97 bits per heavy atom. The molecule has 0 amide bonds. The number of pyridine rings is 1. The summed E-state index contributed by atoms with van der Waals surface area (Å²) < 4.78 is 6.21. The number of hydrogen-bond acceptors (Lipinski definition) is 9. The first kappa shape index (κ1) is 22.5. The zero-order valence-electron chi connectivity index (χ0n) is 19.8. The number of aliphatic hydroxyl groups is 1. The lowest BCUT2D eigenvalue weighted by molar-refractivity contribution is 0.270. The Bertz CT molecular complexity index is 1380. The molecule has 1 aliphatic heterocycles. The fourth-order valence-electron chi connectivity index (χ4n) is 4.67. The molecule has 0 radical (unpaired) electrons. The summed E-state index contributed by atoms with van der Waals surface area (Å²) >= 11 is 1.39. The molecule has 0 saturated heterocycles. The molecule has 0 unspecified atom stereocenters. The van der Waals surface area contributed by atoms with Crippen LogP contribution in [0.2, 0.25) is 0 Å². The molecule has 0 bridgehead atoms. The van der Waals surface area contributed by atoms with Gasteiger partial charge in [0.1, 0.15) is 35.1 Å². The number of nitrogen functional groups attached to an aromatic ring is 1. The molecule has 176 valence electrons. The normalized spacial score (nSPS) is 13.8. The molecule has 1 aliphatic rings. The number of aryl methyl sites for hydroxylation is 2. The second kappa shape index (κ2) is 8.81. The predicted molar refractivity (Wildman–Crippen MR) is 135 cm³/mol. The van der Waals surface area contributed by atoms with E-state index in [-0.39, 0.29) is 12.5 Å². The largest absolute Gasteiger partial charge is 0.491 e. The Balaban J connectivity index is 1.58. The van der Waals surface area contributed by atoms with Gasteiger partial charge < -0.3 is 20.5 Å².